The molecule has 5 nitrogen and oxygen atoms in total. The lowest BCUT2D eigenvalue weighted by Crippen LogP contribution is -2.25. The molecular weight excluding hydrogens is 215 g/mol. The number of nitrogens with two attached hydrogens (primary N) is 1. The van der Waals surface area contributed by atoms with E-state index < -0.39 is 23.7 Å². The smallest absolute Gasteiger partial charge is 0.325 e. The SMILES string of the molecule is CC(Nc1ccc(F)c(C(N)=O)c1)C(=O)O. The van der Waals surface area contributed by atoms with E-state index in [4.69, 9.17) is 10.8 Å². The summed E-state index contributed by atoms with van der Waals surface area (Å²) in [6, 6.07) is 2.72. The van der Waals surface area contributed by atoms with E-state index in [0.717, 1.165) is 6.07 Å². The molecule has 1 atom stereocenters. The van der Waals surface area contributed by atoms with Crippen molar-refractivity contribution in [2.45, 2.75) is 13.0 Å². The van der Waals surface area contributed by atoms with E-state index >= 15 is 0 Å². The Kier molecular flexibility index (Phi) is 3.44. The van der Waals surface area contributed by atoms with Crippen molar-refractivity contribution in [1.29, 1.82) is 0 Å². The molecule has 0 aromatic heterocycles. The van der Waals surface area contributed by atoms with Gasteiger partial charge in [0.05, 0.1) is 5.56 Å². The fourth-order valence-electron chi connectivity index (χ4n) is 1.12. The molecule has 0 aliphatic heterocycles. The maximum absolute atomic E-state index is 13.1. The second kappa shape index (κ2) is 4.61. The normalized spacial score (nSPS) is 11.9. The van der Waals surface area contributed by atoms with Crippen LogP contribution in [0.5, 0.6) is 0 Å². The molecule has 0 saturated heterocycles. The number of anilines is 1. The first kappa shape index (κ1) is 12.0. The van der Waals surface area contributed by atoms with Crippen molar-refractivity contribution < 1.29 is 19.1 Å². The van der Waals surface area contributed by atoms with E-state index in [1.807, 2.05) is 0 Å². The van der Waals surface area contributed by atoms with Gasteiger partial charge < -0.3 is 16.2 Å². The molecule has 0 spiro atoms. The summed E-state index contributed by atoms with van der Waals surface area (Å²) in [5.41, 5.74) is 5.00. The molecule has 4 N–H and O–H groups in total. The number of amides is 1. The van der Waals surface area contributed by atoms with Gasteiger partial charge in [0.2, 0.25) is 0 Å². The zero-order valence-corrected chi connectivity index (χ0v) is 8.53. The van der Waals surface area contributed by atoms with Crippen LogP contribution in [0.2, 0.25) is 0 Å². The van der Waals surface area contributed by atoms with Crippen molar-refractivity contribution in [3.63, 3.8) is 0 Å². The number of halogens is 1. The van der Waals surface area contributed by atoms with E-state index in [2.05, 4.69) is 5.32 Å². The van der Waals surface area contributed by atoms with E-state index in [-0.39, 0.29) is 5.56 Å². The second-order valence-corrected chi connectivity index (χ2v) is 3.26. The standard InChI is InChI=1S/C10H11FN2O3/c1-5(10(15)16)13-6-2-3-8(11)7(4-6)9(12)14/h2-5,13H,1H3,(H2,12,14)(H,15,16). The predicted molar refractivity (Wildman–Crippen MR) is 55.6 cm³/mol. The van der Waals surface area contributed by atoms with Gasteiger partial charge in [0, 0.05) is 5.69 Å². The van der Waals surface area contributed by atoms with Gasteiger partial charge in [-0.3, -0.25) is 9.59 Å². The molecule has 1 unspecified atom stereocenters. The zero-order valence-electron chi connectivity index (χ0n) is 8.53. The van der Waals surface area contributed by atoms with Crippen LogP contribution in [-0.2, 0) is 4.79 Å². The fraction of sp³-hybridized carbons (Fsp3) is 0.200. The summed E-state index contributed by atoms with van der Waals surface area (Å²) >= 11 is 0. The third kappa shape index (κ3) is 2.69. The van der Waals surface area contributed by atoms with Gasteiger partial charge in [-0.1, -0.05) is 0 Å². The van der Waals surface area contributed by atoms with Gasteiger partial charge in [0.1, 0.15) is 11.9 Å². The van der Waals surface area contributed by atoms with E-state index in [9.17, 15) is 14.0 Å². The first-order chi connectivity index (χ1) is 7.41. The van der Waals surface area contributed by atoms with E-state index in [1.165, 1.54) is 19.1 Å². The summed E-state index contributed by atoms with van der Waals surface area (Å²) < 4.78 is 13.1. The summed E-state index contributed by atoms with van der Waals surface area (Å²) in [5.74, 6) is -2.69. The molecule has 6 heteroatoms. The lowest BCUT2D eigenvalue weighted by molar-refractivity contribution is -0.137. The highest BCUT2D eigenvalue weighted by molar-refractivity contribution is 5.94. The molecule has 0 saturated carbocycles. The van der Waals surface area contributed by atoms with Gasteiger partial charge in [-0.2, -0.15) is 0 Å². The Morgan fingerprint density at radius 2 is 2.12 bits per heavy atom. The molecule has 16 heavy (non-hydrogen) atoms. The molecule has 1 aromatic carbocycles. The largest absolute Gasteiger partial charge is 0.480 e. The number of carbonyl (C=O) groups is 2. The summed E-state index contributed by atoms with van der Waals surface area (Å²) in [6.07, 6.45) is 0. The number of aliphatic carboxylic acids is 1. The highest BCUT2D eigenvalue weighted by Crippen LogP contribution is 2.15. The van der Waals surface area contributed by atoms with Gasteiger partial charge in [0.15, 0.2) is 0 Å². The second-order valence-electron chi connectivity index (χ2n) is 3.26. The summed E-state index contributed by atoms with van der Waals surface area (Å²) in [6.45, 7) is 1.43. The monoisotopic (exact) mass is 226 g/mol. The third-order valence-corrected chi connectivity index (χ3v) is 1.99. The summed E-state index contributed by atoms with van der Waals surface area (Å²) in [4.78, 5) is 21.4. The molecule has 0 bridgehead atoms. The van der Waals surface area contributed by atoms with Crippen molar-refractivity contribution in [3.05, 3.63) is 29.6 Å². The minimum absolute atomic E-state index is 0.275. The molecule has 1 rings (SSSR count). The minimum atomic E-state index is -1.05. The Labute approximate surface area is 91.1 Å². The minimum Gasteiger partial charge on any atom is -0.480 e. The number of nitrogens with one attached hydrogen (secondary N) is 1. The van der Waals surface area contributed by atoms with E-state index in [1.54, 1.807) is 0 Å². The van der Waals surface area contributed by atoms with Crippen molar-refractivity contribution in [3.8, 4) is 0 Å². The number of benzene rings is 1. The number of carboxylic acids is 1. The fourth-order valence-corrected chi connectivity index (χ4v) is 1.12. The van der Waals surface area contributed by atoms with Crippen LogP contribution in [0.1, 0.15) is 17.3 Å². The van der Waals surface area contributed by atoms with Gasteiger partial charge in [-0.05, 0) is 25.1 Å². The number of hydrogen-bond acceptors (Lipinski definition) is 3. The van der Waals surface area contributed by atoms with Crippen molar-refractivity contribution in [2.24, 2.45) is 5.73 Å². The Balaban J connectivity index is 2.95. The number of carboxylic acid groups (broad SMARTS) is 1. The van der Waals surface area contributed by atoms with Crippen LogP contribution in [0, 0.1) is 5.82 Å². The van der Waals surface area contributed by atoms with Gasteiger partial charge in [0.25, 0.3) is 5.91 Å². The Bertz CT molecular complexity index is 434. The van der Waals surface area contributed by atoms with Gasteiger partial charge in [-0.15, -0.1) is 0 Å². The van der Waals surface area contributed by atoms with Crippen LogP contribution in [0.25, 0.3) is 0 Å². The Hall–Kier alpha value is -2.11. The predicted octanol–water partition coefficient (Wildman–Crippen LogP) is 0.810. The topological polar surface area (TPSA) is 92.4 Å². The highest BCUT2D eigenvalue weighted by atomic mass is 19.1. The van der Waals surface area contributed by atoms with Crippen molar-refractivity contribution in [2.75, 3.05) is 5.32 Å². The quantitative estimate of drug-likeness (QED) is 0.708. The molecule has 0 radical (unpaired) electrons. The molecule has 0 aliphatic carbocycles. The molecule has 1 aromatic rings. The van der Waals surface area contributed by atoms with Crippen molar-refractivity contribution in [1.82, 2.24) is 0 Å². The molecule has 1 amide bonds. The molecule has 0 heterocycles. The average molecular weight is 226 g/mol. The van der Waals surface area contributed by atoms with Crippen LogP contribution >= 0.6 is 0 Å². The first-order valence-corrected chi connectivity index (χ1v) is 4.50. The molecular formula is C10H11FN2O3. The maximum atomic E-state index is 13.1. The van der Waals surface area contributed by atoms with Crippen LogP contribution in [-0.4, -0.2) is 23.0 Å². The number of rotatable bonds is 4. The number of hydrogen-bond donors (Lipinski definition) is 3. The number of primary amides is 1. The van der Waals surface area contributed by atoms with Crippen LogP contribution in [0.4, 0.5) is 10.1 Å². The maximum Gasteiger partial charge on any atom is 0.325 e. The molecule has 0 aliphatic rings. The Morgan fingerprint density at radius 3 is 2.62 bits per heavy atom. The molecule has 0 fully saturated rings. The van der Waals surface area contributed by atoms with Gasteiger partial charge in [-0.25, -0.2) is 4.39 Å². The van der Waals surface area contributed by atoms with Crippen LogP contribution < -0.4 is 11.1 Å². The van der Waals surface area contributed by atoms with E-state index in [0.29, 0.717) is 5.69 Å². The van der Waals surface area contributed by atoms with Crippen molar-refractivity contribution >= 4 is 17.6 Å². The average Bonchev–Trinajstić information content (AvgIpc) is 2.20. The highest BCUT2D eigenvalue weighted by Gasteiger charge is 2.13. The summed E-state index contributed by atoms with van der Waals surface area (Å²) in [5, 5.41) is 11.2. The van der Waals surface area contributed by atoms with Gasteiger partial charge >= 0.3 is 5.97 Å². The zero-order chi connectivity index (χ0) is 12.3. The first-order valence-electron chi connectivity index (χ1n) is 4.50. The van der Waals surface area contributed by atoms with Crippen LogP contribution in [0.3, 0.4) is 0 Å². The molecule has 86 valence electrons. The van der Waals surface area contributed by atoms with Crippen LogP contribution in [0.15, 0.2) is 18.2 Å². The Morgan fingerprint density at radius 1 is 1.50 bits per heavy atom. The number of carbonyl (C=O) groups excluding carboxylic acids is 1. The third-order valence-electron chi connectivity index (χ3n) is 1.99. The lowest BCUT2D eigenvalue weighted by atomic mass is 10.1. The lowest BCUT2D eigenvalue weighted by Gasteiger charge is -2.11. The summed E-state index contributed by atoms with van der Waals surface area (Å²) in [7, 11) is 0.